The third kappa shape index (κ3) is 5.00. The van der Waals surface area contributed by atoms with Gasteiger partial charge in [0.2, 0.25) is 0 Å². The van der Waals surface area contributed by atoms with Crippen LogP contribution in [0.1, 0.15) is 48.0 Å². The Hall–Kier alpha value is -1.30. The van der Waals surface area contributed by atoms with Gasteiger partial charge in [-0.25, -0.2) is 9.59 Å². The fourth-order valence-electron chi connectivity index (χ4n) is 2.14. The van der Waals surface area contributed by atoms with Gasteiger partial charge in [0.25, 0.3) is 0 Å². The zero-order chi connectivity index (χ0) is 15.7. The second-order valence-corrected chi connectivity index (χ2v) is 7.07. The second-order valence-electron chi connectivity index (χ2n) is 7.07. The van der Waals surface area contributed by atoms with E-state index in [2.05, 4.69) is 0 Å². The Kier molecular flexibility index (Phi) is 4.69. The predicted octanol–water partition coefficient (Wildman–Crippen LogP) is 2.26. The average molecular weight is 287 g/mol. The van der Waals surface area contributed by atoms with Gasteiger partial charge in [-0.2, -0.15) is 0 Å². The van der Waals surface area contributed by atoms with Crippen LogP contribution in [-0.4, -0.2) is 52.0 Å². The van der Waals surface area contributed by atoms with E-state index >= 15 is 0 Å². The molecule has 0 aliphatic carbocycles. The van der Waals surface area contributed by atoms with Crippen molar-refractivity contribution in [3.63, 3.8) is 0 Å². The highest BCUT2D eigenvalue weighted by Gasteiger charge is 2.43. The van der Waals surface area contributed by atoms with Crippen molar-refractivity contribution in [3.8, 4) is 0 Å². The van der Waals surface area contributed by atoms with Crippen molar-refractivity contribution in [2.45, 2.75) is 71.3 Å². The molecular weight excluding hydrogens is 262 g/mol. The molecule has 1 heterocycles. The van der Waals surface area contributed by atoms with Gasteiger partial charge in [-0.15, -0.1) is 0 Å². The average Bonchev–Trinajstić information content (AvgIpc) is 2.56. The first-order valence-electron chi connectivity index (χ1n) is 6.79. The maximum atomic E-state index is 12.1. The number of carboxylic acids is 1. The number of hydrogen-bond donors (Lipinski definition) is 1. The first-order valence-corrected chi connectivity index (χ1v) is 6.79. The van der Waals surface area contributed by atoms with E-state index in [4.69, 9.17) is 9.47 Å². The summed E-state index contributed by atoms with van der Waals surface area (Å²) < 4.78 is 11.0. The molecule has 0 bridgehead atoms. The summed E-state index contributed by atoms with van der Waals surface area (Å²) >= 11 is 0. The lowest BCUT2D eigenvalue weighted by atomic mass is 10.1. The number of likely N-dealkylation sites (tertiary alicyclic amines) is 1. The molecule has 0 aromatic heterocycles. The van der Waals surface area contributed by atoms with Crippen molar-refractivity contribution < 1.29 is 24.2 Å². The summed E-state index contributed by atoms with van der Waals surface area (Å²) in [4.78, 5) is 24.6. The molecular formula is C14H25NO5. The van der Waals surface area contributed by atoms with Crippen LogP contribution in [-0.2, 0) is 14.3 Å². The summed E-state index contributed by atoms with van der Waals surface area (Å²) in [6.07, 6.45) is -0.611. The summed E-state index contributed by atoms with van der Waals surface area (Å²) in [6.45, 7) is 11.2. The van der Waals surface area contributed by atoms with Gasteiger partial charge in [0, 0.05) is 6.42 Å². The zero-order valence-electron chi connectivity index (χ0n) is 13.1. The normalized spacial score (nSPS) is 23.8. The summed E-state index contributed by atoms with van der Waals surface area (Å²) in [7, 11) is 0. The Morgan fingerprint density at radius 1 is 1.10 bits per heavy atom. The van der Waals surface area contributed by atoms with E-state index in [0.717, 1.165) is 0 Å². The van der Waals surface area contributed by atoms with Gasteiger partial charge < -0.3 is 14.6 Å². The summed E-state index contributed by atoms with van der Waals surface area (Å²) in [5.74, 6) is -1.03. The summed E-state index contributed by atoms with van der Waals surface area (Å²) in [5.41, 5.74) is -1.03. The third-order valence-electron chi connectivity index (χ3n) is 2.70. The minimum absolute atomic E-state index is 0.239. The van der Waals surface area contributed by atoms with Gasteiger partial charge in [-0.1, -0.05) is 0 Å². The van der Waals surface area contributed by atoms with Crippen LogP contribution in [0.3, 0.4) is 0 Å². The van der Waals surface area contributed by atoms with Crippen molar-refractivity contribution in [2.75, 3.05) is 6.54 Å². The predicted molar refractivity (Wildman–Crippen MR) is 73.6 cm³/mol. The molecule has 1 rings (SSSR count). The third-order valence-corrected chi connectivity index (χ3v) is 2.70. The van der Waals surface area contributed by atoms with E-state index in [1.165, 1.54) is 4.90 Å². The van der Waals surface area contributed by atoms with Gasteiger partial charge in [0.15, 0.2) is 0 Å². The lowest BCUT2D eigenvalue weighted by Crippen LogP contribution is -2.43. The Balaban J connectivity index is 2.78. The molecule has 1 fully saturated rings. The van der Waals surface area contributed by atoms with Gasteiger partial charge in [0.05, 0.1) is 18.2 Å². The second kappa shape index (κ2) is 5.60. The quantitative estimate of drug-likeness (QED) is 0.843. The molecule has 0 aromatic carbocycles. The molecule has 0 aromatic rings. The molecule has 0 radical (unpaired) electrons. The van der Waals surface area contributed by atoms with Crippen molar-refractivity contribution in [2.24, 2.45) is 0 Å². The van der Waals surface area contributed by atoms with Crippen LogP contribution in [0.4, 0.5) is 4.79 Å². The van der Waals surface area contributed by atoms with E-state index < -0.39 is 23.7 Å². The van der Waals surface area contributed by atoms with Gasteiger partial charge in [0.1, 0.15) is 11.6 Å². The standard InChI is InChI=1S/C14H25NO5/c1-13(2,3)19-9-7-10(11(16)17)15(8-9)12(18)20-14(4,5)6/h9-10H,7-8H2,1-6H3,(H,16,17)/t9-,10-/m0/s1. The van der Waals surface area contributed by atoms with Crippen molar-refractivity contribution in [3.05, 3.63) is 0 Å². The van der Waals surface area contributed by atoms with Gasteiger partial charge in [-0.05, 0) is 41.5 Å². The van der Waals surface area contributed by atoms with Gasteiger partial charge >= 0.3 is 12.1 Å². The molecule has 1 amide bonds. The topological polar surface area (TPSA) is 76.1 Å². The Morgan fingerprint density at radius 2 is 1.65 bits per heavy atom. The molecule has 1 saturated heterocycles. The number of carbonyl (C=O) groups is 2. The number of carboxylic acid groups (broad SMARTS) is 1. The minimum atomic E-state index is -1.03. The largest absolute Gasteiger partial charge is 0.480 e. The van der Waals surface area contributed by atoms with E-state index in [1.807, 2.05) is 20.8 Å². The number of ether oxygens (including phenoxy) is 2. The molecule has 0 unspecified atom stereocenters. The maximum Gasteiger partial charge on any atom is 0.411 e. The Bertz CT molecular complexity index is 380. The van der Waals surface area contributed by atoms with Crippen LogP contribution >= 0.6 is 0 Å². The number of carbonyl (C=O) groups excluding carboxylic acids is 1. The first-order chi connectivity index (χ1) is 8.89. The highest BCUT2D eigenvalue weighted by atomic mass is 16.6. The highest BCUT2D eigenvalue weighted by Crippen LogP contribution is 2.26. The monoisotopic (exact) mass is 287 g/mol. The molecule has 6 heteroatoms. The molecule has 2 atom stereocenters. The van der Waals surface area contributed by atoms with Crippen LogP contribution in [0.25, 0.3) is 0 Å². The van der Waals surface area contributed by atoms with Crippen LogP contribution in [0.2, 0.25) is 0 Å². The molecule has 1 aliphatic heterocycles. The van der Waals surface area contributed by atoms with Crippen LogP contribution in [0.5, 0.6) is 0 Å². The lowest BCUT2D eigenvalue weighted by Gasteiger charge is -2.27. The molecule has 1 N–H and O–H groups in total. The van der Waals surface area contributed by atoms with Crippen LogP contribution in [0.15, 0.2) is 0 Å². The number of nitrogens with zero attached hydrogens (tertiary/aromatic N) is 1. The Morgan fingerprint density at radius 3 is 2.05 bits per heavy atom. The van der Waals surface area contributed by atoms with E-state index in [9.17, 15) is 14.7 Å². The summed E-state index contributed by atoms with van der Waals surface area (Å²) in [5, 5.41) is 9.24. The highest BCUT2D eigenvalue weighted by molar-refractivity contribution is 5.81. The van der Waals surface area contributed by atoms with E-state index in [1.54, 1.807) is 20.8 Å². The van der Waals surface area contributed by atoms with Crippen molar-refractivity contribution in [1.29, 1.82) is 0 Å². The molecule has 0 spiro atoms. The van der Waals surface area contributed by atoms with Crippen LogP contribution < -0.4 is 0 Å². The molecule has 116 valence electrons. The fourth-order valence-corrected chi connectivity index (χ4v) is 2.14. The SMILES string of the molecule is CC(C)(C)OC(=O)N1C[C@@H](OC(C)(C)C)C[C@H]1C(=O)O. The van der Waals surface area contributed by atoms with Crippen molar-refractivity contribution >= 4 is 12.1 Å². The van der Waals surface area contributed by atoms with Crippen molar-refractivity contribution in [1.82, 2.24) is 4.90 Å². The molecule has 20 heavy (non-hydrogen) atoms. The Labute approximate surface area is 120 Å². The smallest absolute Gasteiger partial charge is 0.411 e. The number of rotatable bonds is 2. The minimum Gasteiger partial charge on any atom is -0.480 e. The molecule has 1 aliphatic rings. The zero-order valence-corrected chi connectivity index (χ0v) is 13.1. The molecule has 0 saturated carbocycles. The summed E-state index contributed by atoms with van der Waals surface area (Å²) in [6, 6.07) is -0.891. The van der Waals surface area contributed by atoms with E-state index in [0.29, 0.717) is 0 Å². The van der Waals surface area contributed by atoms with E-state index in [-0.39, 0.29) is 24.7 Å². The fraction of sp³-hybridized carbons (Fsp3) is 0.857. The lowest BCUT2D eigenvalue weighted by molar-refractivity contribution is -0.142. The number of amides is 1. The number of hydrogen-bond acceptors (Lipinski definition) is 4. The number of aliphatic carboxylic acids is 1. The maximum absolute atomic E-state index is 12.1. The molecule has 6 nitrogen and oxygen atoms in total. The van der Waals surface area contributed by atoms with Crippen LogP contribution in [0, 0.1) is 0 Å². The first kappa shape index (κ1) is 16.8. The van der Waals surface area contributed by atoms with Gasteiger partial charge in [-0.3, -0.25) is 4.90 Å².